The third-order valence-corrected chi connectivity index (χ3v) is 9.44. The number of benzene rings is 3. The van der Waals surface area contributed by atoms with Crippen LogP contribution in [-0.4, -0.2) is 36.3 Å². The zero-order valence-electron chi connectivity index (χ0n) is 26.2. The van der Waals surface area contributed by atoms with Crippen LogP contribution in [0.3, 0.4) is 0 Å². The van der Waals surface area contributed by atoms with Crippen LogP contribution in [0.5, 0.6) is 11.5 Å². The Bertz CT molecular complexity index is 2020. The van der Waals surface area contributed by atoms with Gasteiger partial charge in [0.1, 0.15) is 18.1 Å². The fraction of sp³-hybridized carbons (Fsp3) is 0.257. The third kappa shape index (κ3) is 7.71. The molecule has 0 fully saturated rings. The van der Waals surface area contributed by atoms with Crippen LogP contribution >= 0.6 is 49.9 Å². The van der Waals surface area contributed by atoms with Crippen LogP contribution < -0.4 is 24.4 Å². The Morgan fingerprint density at radius 2 is 1.64 bits per heavy atom. The number of rotatable bonds is 11. The van der Waals surface area contributed by atoms with Gasteiger partial charge in [-0.05, 0) is 104 Å². The third-order valence-electron chi connectivity index (χ3n) is 7.20. The molecule has 0 radical (unpaired) electrons. The number of carbonyl (C=O) groups is 2. The number of allylic oxidation sites excluding steroid dienone is 1. The molecule has 1 atom stereocenters. The zero-order valence-corrected chi connectivity index (χ0v) is 30.7. The van der Waals surface area contributed by atoms with E-state index >= 15 is 0 Å². The van der Waals surface area contributed by atoms with Gasteiger partial charge in [0.2, 0.25) is 0 Å². The summed E-state index contributed by atoms with van der Waals surface area (Å²) >= 11 is 7.02. The van der Waals surface area contributed by atoms with Gasteiger partial charge >= 0.3 is 11.9 Å². The molecular weight excluding hydrogens is 799 g/mol. The molecule has 1 aliphatic rings. The molecule has 0 aliphatic carbocycles. The van der Waals surface area contributed by atoms with Crippen LogP contribution in [0, 0.1) is 3.57 Å². The van der Waals surface area contributed by atoms with Crippen LogP contribution in [0.1, 0.15) is 60.8 Å². The molecule has 1 aliphatic heterocycles. The molecule has 0 unspecified atom stereocenters. The molecule has 47 heavy (non-hydrogen) atoms. The predicted molar refractivity (Wildman–Crippen MR) is 192 cm³/mol. The topological polar surface area (TPSA) is 105 Å². The van der Waals surface area contributed by atoms with Gasteiger partial charge in [0.25, 0.3) is 5.56 Å². The van der Waals surface area contributed by atoms with Crippen molar-refractivity contribution in [1.82, 2.24) is 4.57 Å². The number of hydrogen-bond donors (Lipinski definition) is 0. The van der Waals surface area contributed by atoms with Crippen molar-refractivity contribution in [3.8, 4) is 11.5 Å². The highest BCUT2D eigenvalue weighted by Crippen LogP contribution is 2.33. The minimum atomic E-state index is -0.737. The second-order valence-corrected chi connectivity index (χ2v) is 13.4. The summed E-state index contributed by atoms with van der Waals surface area (Å²) < 4.78 is 26.0. The molecule has 9 nitrogen and oxygen atoms in total. The van der Waals surface area contributed by atoms with Crippen LogP contribution in [0.25, 0.3) is 6.08 Å². The highest BCUT2D eigenvalue weighted by atomic mass is 127. The quantitative estimate of drug-likeness (QED) is 0.129. The maximum Gasteiger partial charge on any atom is 0.338 e. The van der Waals surface area contributed by atoms with E-state index in [9.17, 15) is 14.4 Å². The van der Waals surface area contributed by atoms with Gasteiger partial charge in [-0.2, -0.15) is 0 Å². The maximum atomic E-state index is 14.2. The van der Waals surface area contributed by atoms with Gasteiger partial charge in [-0.3, -0.25) is 9.36 Å². The van der Waals surface area contributed by atoms with Gasteiger partial charge in [-0.25, -0.2) is 14.6 Å². The van der Waals surface area contributed by atoms with Gasteiger partial charge in [0.05, 0.1) is 50.8 Å². The van der Waals surface area contributed by atoms with E-state index in [1.165, 1.54) is 11.3 Å². The van der Waals surface area contributed by atoms with Crippen molar-refractivity contribution in [3.05, 3.63) is 122 Å². The van der Waals surface area contributed by atoms with Crippen LogP contribution in [0.15, 0.2) is 86.2 Å². The maximum absolute atomic E-state index is 14.2. The predicted octanol–water partition coefficient (Wildman–Crippen LogP) is 6.32. The smallest absolute Gasteiger partial charge is 0.338 e. The molecule has 0 N–H and O–H groups in total. The Kier molecular flexibility index (Phi) is 11.4. The molecule has 2 heterocycles. The Labute approximate surface area is 297 Å². The van der Waals surface area contributed by atoms with Gasteiger partial charge in [0.15, 0.2) is 4.80 Å². The molecule has 12 heteroatoms. The normalized spacial score (nSPS) is 14.3. The molecule has 0 saturated carbocycles. The summed E-state index contributed by atoms with van der Waals surface area (Å²) in [6, 6.07) is 17.5. The molecule has 0 spiro atoms. The summed E-state index contributed by atoms with van der Waals surface area (Å²) in [5.41, 5.74) is 3.26. The molecule has 0 bridgehead atoms. The minimum Gasteiger partial charge on any atom is -0.494 e. The number of aromatic nitrogens is 1. The molecule has 5 rings (SSSR count). The fourth-order valence-corrected chi connectivity index (χ4v) is 7.85. The number of nitrogens with zero attached hydrogens (tertiary/aromatic N) is 2. The number of halogens is 2. The molecule has 3 aromatic carbocycles. The summed E-state index contributed by atoms with van der Waals surface area (Å²) in [5.74, 6) is 0.393. The van der Waals surface area contributed by atoms with E-state index in [-0.39, 0.29) is 24.7 Å². The Morgan fingerprint density at radius 3 is 2.30 bits per heavy atom. The van der Waals surface area contributed by atoms with E-state index in [1.807, 2.05) is 55.5 Å². The van der Waals surface area contributed by atoms with Crippen molar-refractivity contribution < 1.29 is 28.5 Å². The first-order valence-electron chi connectivity index (χ1n) is 14.9. The van der Waals surface area contributed by atoms with Crippen molar-refractivity contribution >= 4 is 67.9 Å². The standard InChI is InChI=1S/C35H32BrIN2O7S/c1-5-43-26-14-12-22(13-15-26)30-29(34(42)45-7-3)20(4)38-35-39(30)32(40)28(47-35)17-24-16-25(36)18-27(37)31(24)46-19-21-8-10-23(11-9-21)33(41)44-6-2/h8-18,30H,5-7,19H2,1-4H3/b28-17-/t30-/m1/s1. The lowest BCUT2D eigenvalue weighted by atomic mass is 9.96. The summed E-state index contributed by atoms with van der Waals surface area (Å²) in [6.45, 7) is 8.43. The lowest BCUT2D eigenvalue weighted by molar-refractivity contribution is -0.139. The molecule has 4 aromatic rings. The van der Waals surface area contributed by atoms with Gasteiger partial charge in [-0.1, -0.05) is 51.5 Å². The summed E-state index contributed by atoms with van der Waals surface area (Å²) in [4.78, 5) is 44.6. The van der Waals surface area contributed by atoms with E-state index in [4.69, 9.17) is 18.9 Å². The summed E-state index contributed by atoms with van der Waals surface area (Å²) in [6.07, 6.45) is 1.79. The highest BCUT2D eigenvalue weighted by Gasteiger charge is 2.33. The number of fused-ring (bicyclic) bond motifs is 1. The lowest BCUT2D eigenvalue weighted by Crippen LogP contribution is -2.39. The van der Waals surface area contributed by atoms with E-state index in [0.29, 0.717) is 56.4 Å². The lowest BCUT2D eigenvalue weighted by Gasteiger charge is -2.24. The Hall–Kier alpha value is -3.75. The average Bonchev–Trinajstić information content (AvgIpc) is 3.34. The van der Waals surface area contributed by atoms with Crippen molar-refractivity contribution in [1.29, 1.82) is 0 Å². The summed E-state index contributed by atoms with van der Waals surface area (Å²) in [7, 11) is 0. The molecule has 0 saturated heterocycles. The zero-order chi connectivity index (χ0) is 33.7. The number of ether oxygens (including phenoxy) is 4. The fourth-order valence-electron chi connectivity index (χ4n) is 5.11. The van der Waals surface area contributed by atoms with E-state index < -0.39 is 12.0 Å². The average molecular weight is 832 g/mol. The van der Waals surface area contributed by atoms with Gasteiger partial charge in [-0.15, -0.1) is 0 Å². The second kappa shape index (κ2) is 15.4. The first kappa shape index (κ1) is 34.6. The number of carbonyl (C=O) groups excluding carboxylic acids is 2. The Balaban J connectivity index is 1.56. The minimum absolute atomic E-state index is 0.190. The molecule has 0 amide bonds. The molecule has 244 valence electrons. The van der Waals surface area contributed by atoms with Gasteiger partial charge in [0, 0.05) is 10.0 Å². The monoisotopic (exact) mass is 830 g/mol. The van der Waals surface area contributed by atoms with Crippen molar-refractivity contribution in [2.24, 2.45) is 4.99 Å². The van der Waals surface area contributed by atoms with Crippen LogP contribution in [-0.2, 0) is 20.9 Å². The highest BCUT2D eigenvalue weighted by molar-refractivity contribution is 14.1. The van der Waals surface area contributed by atoms with Crippen molar-refractivity contribution in [2.75, 3.05) is 19.8 Å². The first-order chi connectivity index (χ1) is 22.6. The van der Waals surface area contributed by atoms with Crippen molar-refractivity contribution in [2.45, 2.75) is 40.3 Å². The first-order valence-corrected chi connectivity index (χ1v) is 17.6. The largest absolute Gasteiger partial charge is 0.494 e. The van der Waals surface area contributed by atoms with Crippen LogP contribution in [0.4, 0.5) is 0 Å². The number of thiazole rings is 1. The van der Waals surface area contributed by atoms with Crippen molar-refractivity contribution in [3.63, 3.8) is 0 Å². The number of hydrogen-bond acceptors (Lipinski definition) is 9. The van der Waals surface area contributed by atoms with E-state index in [0.717, 1.165) is 19.2 Å². The Morgan fingerprint density at radius 1 is 0.957 bits per heavy atom. The molecule has 1 aromatic heterocycles. The summed E-state index contributed by atoms with van der Waals surface area (Å²) in [5, 5.41) is 0. The SMILES string of the molecule is CCOC(=O)C1=C(C)N=c2s/c(=C\c3cc(Br)cc(I)c3OCc3ccc(C(=O)OCC)cc3)c(=O)n2[C@@H]1c1ccc(OCC)cc1. The van der Waals surface area contributed by atoms with Gasteiger partial charge < -0.3 is 18.9 Å². The second-order valence-electron chi connectivity index (χ2n) is 10.3. The van der Waals surface area contributed by atoms with E-state index in [1.54, 1.807) is 43.5 Å². The molecular formula is C35H32BrIN2O7S. The van der Waals surface area contributed by atoms with E-state index in [2.05, 4.69) is 43.5 Å². The number of esters is 2. The van der Waals surface area contributed by atoms with Crippen LogP contribution in [0.2, 0.25) is 0 Å².